The molecule has 0 aliphatic carbocycles. The summed E-state index contributed by atoms with van der Waals surface area (Å²) < 4.78 is 0. The van der Waals surface area contributed by atoms with Gasteiger partial charge in [-0.05, 0) is 12.3 Å². The molecule has 0 saturated heterocycles. The predicted molar refractivity (Wildman–Crippen MR) is 66.5 cm³/mol. The maximum Gasteiger partial charge on any atom is 0.244 e. The lowest BCUT2D eigenvalue weighted by Crippen LogP contribution is -2.10. The van der Waals surface area contributed by atoms with Gasteiger partial charge in [-0.3, -0.25) is 0 Å². The minimum absolute atomic E-state index is 0.565. The molecule has 1 aromatic rings. The minimum Gasteiger partial charge on any atom is -0.365 e. The summed E-state index contributed by atoms with van der Waals surface area (Å²) in [6, 6.07) is 0. The quantitative estimate of drug-likeness (QED) is 0.689. The zero-order chi connectivity index (χ0) is 11.8. The molecule has 0 aliphatic rings. The molecule has 88 valence electrons. The molecule has 0 radical (unpaired) electrons. The molecule has 0 unspecified atom stereocenters. The van der Waals surface area contributed by atoms with E-state index in [2.05, 4.69) is 46.2 Å². The number of hydrogen-bond acceptors (Lipinski definition) is 5. The van der Waals surface area contributed by atoms with Crippen LogP contribution in [0.5, 0.6) is 0 Å². The molecule has 0 aromatic carbocycles. The van der Waals surface area contributed by atoms with E-state index in [0.717, 1.165) is 13.0 Å². The van der Waals surface area contributed by atoms with E-state index in [1.807, 2.05) is 0 Å². The van der Waals surface area contributed by atoms with Crippen LogP contribution in [0.4, 0.5) is 11.8 Å². The van der Waals surface area contributed by atoms with Crippen LogP contribution in [0.15, 0.2) is 18.9 Å². The fraction of sp³-hybridized carbons (Fsp3) is 0.545. The van der Waals surface area contributed by atoms with Crippen molar-refractivity contribution in [2.75, 3.05) is 23.7 Å². The van der Waals surface area contributed by atoms with Crippen LogP contribution in [0, 0.1) is 5.92 Å². The first-order valence-electron chi connectivity index (χ1n) is 5.50. The highest BCUT2D eigenvalue weighted by Gasteiger charge is 1.99. The van der Waals surface area contributed by atoms with Gasteiger partial charge in [0.2, 0.25) is 5.95 Å². The third-order valence-electron chi connectivity index (χ3n) is 1.99. The van der Waals surface area contributed by atoms with Gasteiger partial charge in [-0.25, -0.2) is 0 Å². The van der Waals surface area contributed by atoms with E-state index >= 15 is 0 Å². The summed E-state index contributed by atoms with van der Waals surface area (Å²) >= 11 is 0. The van der Waals surface area contributed by atoms with E-state index in [1.165, 1.54) is 0 Å². The van der Waals surface area contributed by atoms with Crippen molar-refractivity contribution in [3.63, 3.8) is 0 Å². The number of aromatic nitrogens is 3. The Labute approximate surface area is 96.4 Å². The van der Waals surface area contributed by atoms with Crippen molar-refractivity contribution in [1.29, 1.82) is 0 Å². The fourth-order valence-electron chi connectivity index (χ4n) is 1.11. The summed E-state index contributed by atoms with van der Waals surface area (Å²) in [5.41, 5.74) is 0. The lowest BCUT2D eigenvalue weighted by atomic mass is 10.1. The molecule has 0 saturated carbocycles. The Hall–Kier alpha value is -1.65. The first-order chi connectivity index (χ1) is 7.72. The Kier molecular flexibility index (Phi) is 5.25. The second-order valence-corrected chi connectivity index (χ2v) is 3.94. The van der Waals surface area contributed by atoms with Crippen LogP contribution < -0.4 is 10.6 Å². The molecule has 1 aromatic heterocycles. The number of rotatable bonds is 7. The van der Waals surface area contributed by atoms with Gasteiger partial charge in [0.25, 0.3) is 0 Å². The minimum atomic E-state index is 0.565. The maximum absolute atomic E-state index is 4.26. The molecule has 1 rings (SSSR count). The number of hydrogen-bond donors (Lipinski definition) is 2. The van der Waals surface area contributed by atoms with Crippen molar-refractivity contribution in [3.05, 3.63) is 18.9 Å². The molecule has 0 atom stereocenters. The van der Waals surface area contributed by atoms with Gasteiger partial charge in [-0.15, -0.1) is 11.7 Å². The Morgan fingerprint density at radius 3 is 2.94 bits per heavy atom. The number of nitrogens with zero attached hydrogens (tertiary/aromatic N) is 3. The van der Waals surface area contributed by atoms with Crippen LogP contribution in [0.3, 0.4) is 0 Å². The topological polar surface area (TPSA) is 62.7 Å². The van der Waals surface area contributed by atoms with Crippen molar-refractivity contribution >= 4 is 11.8 Å². The van der Waals surface area contributed by atoms with Crippen molar-refractivity contribution in [2.24, 2.45) is 5.92 Å². The molecule has 1 heterocycles. The molecule has 0 fully saturated rings. The third-order valence-corrected chi connectivity index (χ3v) is 1.99. The third kappa shape index (κ3) is 4.72. The summed E-state index contributed by atoms with van der Waals surface area (Å²) in [7, 11) is 0. The van der Waals surface area contributed by atoms with Crippen molar-refractivity contribution in [3.8, 4) is 0 Å². The summed E-state index contributed by atoms with van der Waals surface area (Å²) in [4.78, 5) is 4.26. The smallest absolute Gasteiger partial charge is 0.244 e. The second-order valence-electron chi connectivity index (χ2n) is 3.94. The average molecular weight is 221 g/mol. The Bertz CT molecular complexity index is 324. The van der Waals surface area contributed by atoms with E-state index in [-0.39, 0.29) is 0 Å². The average Bonchev–Trinajstić information content (AvgIpc) is 2.26. The zero-order valence-corrected chi connectivity index (χ0v) is 9.90. The van der Waals surface area contributed by atoms with Crippen molar-refractivity contribution in [1.82, 2.24) is 15.2 Å². The van der Waals surface area contributed by atoms with Crippen LogP contribution in [-0.4, -0.2) is 28.3 Å². The standard InChI is InChI=1S/C11H19N5/c1-4-6-12-10-8-14-16-11(15-10)13-7-5-9(2)3/h4,8-9H,1,5-7H2,2-3H3,(H2,12,13,15,16). The van der Waals surface area contributed by atoms with Gasteiger partial charge in [-0.1, -0.05) is 19.9 Å². The summed E-state index contributed by atoms with van der Waals surface area (Å²) in [5, 5.41) is 14.0. The normalized spacial score (nSPS) is 10.2. The highest BCUT2D eigenvalue weighted by molar-refractivity contribution is 5.37. The van der Waals surface area contributed by atoms with Crippen LogP contribution in [0.1, 0.15) is 20.3 Å². The second kappa shape index (κ2) is 6.76. The molecule has 0 bridgehead atoms. The van der Waals surface area contributed by atoms with Crippen LogP contribution in [-0.2, 0) is 0 Å². The largest absolute Gasteiger partial charge is 0.365 e. The number of anilines is 2. The molecule has 0 spiro atoms. The molecule has 5 heteroatoms. The summed E-state index contributed by atoms with van der Waals surface area (Å²) in [5.74, 6) is 1.94. The zero-order valence-electron chi connectivity index (χ0n) is 9.90. The number of nitrogens with one attached hydrogen (secondary N) is 2. The highest BCUT2D eigenvalue weighted by atomic mass is 15.3. The van der Waals surface area contributed by atoms with E-state index in [9.17, 15) is 0 Å². The van der Waals surface area contributed by atoms with Gasteiger partial charge in [0.15, 0.2) is 5.82 Å². The SMILES string of the molecule is C=CCNc1cnnc(NCCC(C)C)n1. The van der Waals surface area contributed by atoms with Crippen LogP contribution in [0.25, 0.3) is 0 Å². The fourth-order valence-corrected chi connectivity index (χ4v) is 1.11. The molecule has 0 aliphatic heterocycles. The predicted octanol–water partition coefficient (Wildman–Crippen LogP) is 1.93. The van der Waals surface area contributed by atoms with Gasteiger partial charge in [0.1, 0.15) is 0 Å². The molecular weight excluding hydrogens is 202 g/mol. The van der Waals surface area contributed by atoms with Crippen molar-refractivity contribution < 1.29 is 0 Å². The van der Waals surface area contributed by atoms with E-state index < -0.39 is 0 Å². The molecular formula is C11H19N5. The lowest BCUT2D eigenvalue weighted by molar-refractivity contribution is 0.605. The Morgan fingerprint density at radius 1 is 1.44 bits per heavy atom. The molecule has 0 amide bonds. The van der Waals surface area contributed by atoms with E-state index in [1.54, 1.807) is 12.3 Å². The summed E-state index contributed by atoms with van der Waals surface area (Å²) in [6.45, 7) is 9.53. The monoisotopic (exact) mass is 221 g/mol. The Balaban J connectivity index is 2.43. The highest BCUT2D eigenvalue weighted by Crippen LogP contribution is 2.04. The Morgan fingerprint density at radius 2 is 2.25 bits per heavy atom. The summed E-state index contributed by atoms with van der Waals surface area (Å²) in [6.07, 6.45) is 4.46. The first-order valence-corrected chi connectivity index (χ1v) is 5.50. The molecule has 16 heavy (non-hydrogen) atoms. The molecule has 5 nitrogen and oxygen atoms in total. The van der Waals surface area contributed by atoms with Crippen LogP contribution in [0.2, 0.25) is 0 Å². The van der Waals surface area contributed by atoms with Gasteiger partial charge >= 0.3 is 0 Å². The first kappa shape index (κ1) is 12.4. The van der Waals surface area contributed by atoms with Crippen LogP contribution >= 0.6 is 0 Å². The maximum atomic E-state index is 4.26. The van der Waals surface area contributed by atoms with Gasteiger partial charge in [0, 0.05) is 13.1 Å². The lowest BCUT2D eigenvalue weighted by Gasteiger charge is -2.07. The molecule has 2 N–H and O–H groups in total. The van der Waals surface area contributed by atoms with E-state index in [0.29, 0.717) is 24.2 Å². The van der Waals surface area contributed by atoms with Crippen molar-refractivity contribution in [2.45, 2.75) is 20.3 Å². The van der Waals surface area contributed by atoms with Gasteiger partial charge < -0.3 is 10.6 Å². The van der Waals surface area contributed by atoms with Gasteiger partial charge in [0.05, 0.1) is 6.20 Å². The van der Waals surface area contributed by atoms with E-state index in [4.69, 9.17) is 0 Å². The van der Waals surface area contributed by atoms with Gasteiger partial charge in [-0.2, -0.15) is 10.1 Å².